The third kappa shape index (κ3) is 9.00. The van der Waals surface area contributed by atoms with Gasteiger partial charge in [-0.1, -0.05) is 267 Å². The molecule has 0 aliphatic heterocycles. The zero-order valence-electron chi connectivity index (χ0n) is 37.2. The van der Waals surface area contributed by atoms with Gasteiger partial charge in [-0.2, -0.15) is 0 Å². The Bertz CT molecular complexity index is 3220. The van der Waals surface area contributed by atoms with E-state index in [0.29, 0.717) is 0 Å². The van der Waals surface area contributed by atoms with E-state index in [2.05, 4.69) is 267 Å². The molecule has 0 saturated carbocycles. The molecule has 0 spiro atoms. The van der Waals surface area contributed by atoms with Gasteiger partial charge < -0.3 is 0 Å². The number of rotatable bonds is 12. The molecule has 2 aliphatic carbocycles. The summed E-state index contributed by atoms with van der Waals surface area (Å²) in [6, 6.07) is 72.5. The van der Waals surface area contributed by atoms with Crippen LogP contribution < -0.4 is 0 Å². The van der Waals surface area contributed by atoms with Crippen molar-refractivity contribution in [1.82, 2.24) is 0 Å². The lowest BCUT2D eigenvalue weighted by atomic mass is 9.72. The van der Waals surface area contributed by atoms with Gasteiger partial charge in [-0.25, -0.2) is 0 Å². The van der Waals surface area contributed by atoms with Gasteiger partial charge in [0.2, 0.25) is 0 Å². The Morgan fingerprint density at radius 2 is 0.909 bits per heavy atom. The molecule has 8 aromatic carbocycles. The molecular formula is C66H52. The molecule has 0 atom stereocenters. The van der Waals surface area contributed by atoms with Crippen molar-refractivity contribution in [3.05, 3.63) is 299 Å². The highest BCUT2D eigenvalue weighted by Gasteiger charge is 2.30. The Hall–Kier alpha value is -8.06. The highest BCUT2D eigenvalue weighted by molar-refractivity contribution is 6.18. The molecule has 8 aromatic rings. The Balaban J connectivity index is 1.44. The number of hydrogen-bond donors (Lipinski definition) is 0. The molecule has 0 fully saturated rings. The van der Waals surface area contributed by atoms with Crippen molar-refractivity contribution in [1.29, 1.82) is 0 Å². The highest BCUT2D eigenvalue weighted by atomic mass is 14.3. The van der Waals surface area contributed by atoms with Crippen LogP contribution in [-0.4, -0.2) is 0 Å². The van der Waals surface area contributed by atoms with Crippen LogP contribution in [0.15, 0.2) is 260 Å². The minimum Gasteiger partial charge on any atom is -0.0842 e. The minimum atomic E-state index is 0.918. The quantitative estimate of drug-likeness (QED) is 0.108. The first-order valence-corrected chi connectivity index (χ1v) is 23.3. The summed E-state index contributed by atoms with van der Waals surface area (Å²) < 4.78 is 0. The third-order valence-corrected chi connectivity index (χ3v) is 12.7. The van der Waals surface area contributed by atoms with Gasteiger partial charge >= 0.3 is 0 Å². The second-order valence-corrected chi connectivity index (χ2v) is 16.9. The first kappa shape index (κ1) is 41.9. The van der Waals surface area contributed by atoms with E-state index in [4.69, 9.17) is 0 Å². The summed E-state index contributed by atoms with van der Waals surface area (Å²) in [6.07, 6.45) is 29.2. The lowest BCUT2D eigenvalue weighted by Gasteiger charge is -2.30. The number of allylic oxidation sites excluding steroid dienone is 13. The molecule has 0 bridgehead atoms. The van der Waals surface area contributed by atoms with Gasteiger partial charge in [-0.3, -0.25) is 0 Å². The normalized spacial score (nSPS) is 14.4. The summed E-state index contributed by atoms with van der Waals surface area (Å²) in [5.74, 6) is 0. The molecule has 0 saturated heterocycles. The molecule has 66 heavy (non-hydrogen) atoms. The van der Waals surface area contributed by atoms with Gasteiger partial charge in [0.05, 0.1) is 0 Å². The van der Waals surface area contributed by atoms with Crippen LogP contribution in [0, 0.1) is 0 Å². The van der Waals surface area contributed by atoms with Gasteiger partial charge in [0.1, 0.15) is 0 Å². The van der Waals surface area contributed by atoms with Crippen LogP contribution >= 0.6 is 0 Å². The standard InChI is InChI=1S/C66H52/c1-7-27-49(28-8-1)31-25-47-57(53-37-15-5-16-38-53)65-63(59-43-21-19-41-55(59)51-33-11-3-12-34-51)61-45-23-24-46-62(61)64(60-44-22-20-42-56(60)52-35-13-4-14-36-52)66(65)58(54-39-17-6-18-40-54)48-26-32-50-29-9-2-10-30-50/h1-17,19-21,23-39,41-43,45-48H,18,22,40,44H2/b31-25+,32-26+,57-47+,58-48+. The average molecular weight is 845 g/mol. The molecule has 316 valence electrons. The molecule has 0 aromatic heterocycles. The maximum absolute atomic E-state index is 2.41. The second kappa shape index (κ2) is 20.2. The minimum absolute atomic E-state index is 0.918. The van der Waals surface area contributed by atoms with Gasteiger partial charge in [0.15, 0.2) is 0 Å². The zero-order valence-corrected chi connectivity index (χ0v) is 37.2. The van der Waals surface area contributed by atoms with Crippen LogP contribution in [0.3, 0.4) is 0 Å². The fourth-order valence-electron chi connectivity index (χ4n) is 9.71. The third-order valence-electron chi connectivity index (χ3n) is 12.7. The average Bonchev–Trinajstić information content (AvgIpc) is 3.40. The Morgan fingerprint density at radius 3 is 1.53 bits per heavy atom. The maximum Gasteiger partial charge on any atom is -0.000787 e. The van der Waals surface area contributed by atoms with Crippen LogP contribution in [-0.2, 0) is 0 Å². The van der Waals surface area contributed by atoms with Crippen LogP contribution in [0.4, 0.5) is 0 Å². The number of hydrogen-bond acceptors (Lipinski definition) is 0. The van der Waals surface area contributed by atoms with E-state index in [0.717, 1.165) is 36.8 Å². The summed E-state index contributed by atoms with van der Waals surface area (Å²) >= 11 is 0. The molecule has 0 N–H and O–H groups in total. The molecule has 0 radical (unpaired) electrons. The monoisotopic (exact) mass is 844 g/mol. The Morgan fingerprint density at radius 1 is 0.409 bits per heavy atom. The van der Waals surface area contributed by atoms with Crippen LogP contribution in [0.5, 0.6) is 0 Å². The van der Waals surface area contributed by atoms with Crippen molar-refractivity contribution < 1.29 is 0 Å². The number of fused-ring (bicyclic) bond motifs is 1. The van der Waals surface area contributed by atoms with Gasteiger partial charge in [0, 0.05) is 0 Å². The lowest BCUT2D eigenvalue weighted by molar-refractivity contribution is 0.995. The summed E-state index contributed by atoms with van der Waals surface area (Å²) in [5, 5.41) is 2.49. The van der Waals surface area contributed by atoms with Gasteiger partial charge in [0.25, 0.3) is 0 Å². The van der Waals surface area contributed by atoms with E-state index in [1.807, 2.05) is 0 Å². The topological polar surface area (TPSA) is 0 Å². The Labute approximate surface area is 390 Å². The molecule has 0 unspecified atom stereocenters. The fourth-order valence-corrected chi connectivity index (χ4v) is 9.71. The molecule has 2 aliphatic rings. The van der Waals surface area contributed by atoms with Crippen molar-refractivity contribution in [2.75, 3.05) is 0 Å². The molecule has 0 nitrogen and oxygen atoms in total. The largest absolute Gasteiger partial charge is 0.0842 e. The predicted octanol–water partition coefficient (Wildman–Crippen LogP) is 18.0. The molecular weight excluding hydrogens is 793 g/mol. The van der Waals surface area contributed by atoms with Crippen molar-refractivity contribution in [3.8, 4) is 22.3 Å². The van der Waals surface area contributed by atoms with Crippen molar-refractivity contribution in [2.24, 2.45) is 0 Å². The summed E-state index contributed by atoms with van der Waals surface area (Å²) in [7, 11) is 0. The summed E-state index contributed by atoms with van der Waals surface area (Å²) in [5.41, 5.74) is 19.7. The van der Waals surface area contributed by atoms with E-state index in [1.54, 1.807) is 0 Å². The molecule has 0 heterocycles. The van der Waals surface area contributed by atoms with Crippen molar-refractivity contribution in [2.45, 2.75) is 25.7 Å². The van der Waals surface area contributed by atoms with E-state index >= 15 is 0 Å². The van der Waals surface area contributed by atoms with Gasteiger partial charge in [-0.15, -0.1) is 0 Å². The van der Waals surface area contributed by atoms with Gasteiger partial charge in [-0.05, 0) is 126 Å². The van der Waals surface area contributed by atoms with E-state index in [-0.39, 0.29) is 0 Å². The van der Waals surface area contributed by atoms with Crippen LogP contribution in [0.25, 0.3) is 67.5 Å². The van der Waals surface area contributed by atoms with E-state index in [1.165, 1.54) is 88.7 Å². The number of benzene rings is 8. The lowest BCUT2D eigenvalue weighted by Crippen LogP contribution is -2.09. The SMILES string of the molecule is C1=CCCC(/C(=C\C=C\c2ccccc2)c2c(/C(=C/C=C/c3ccccc3)c3ccccc3)c(-c3ccccc3-c3ccccc3)c3ccccc3c2C2=C(c3ccccc3)C=CCC2)=C1. The van der Waals surface area contributed by atoms with Crippen LogP contribution in [0.1, 0.15) is 64.6 Å². The zero-order chi connectivity index (χ0) is 44.3. The summed E-state index contributed by atoms with van der Waals surface area (Å²) in [4.78, 5) is 0. The van der Waals surface area contributed by atoms with E-state index < -0.39 is 0 Å². The first-order valence-electron chi connectivity index (χ1n) is 23.3. The fraction of sp³-hybridized carbons (Fsp3) is 0.0606. The predicted molar refractivity (Wildman–Crippen MR) is 285 cm³/mol. The van der Waals surface area contributed by atoms with Crippen molar-refractivity contribution >= 4 is 45.2 Å². The Kier molecular flexibility index (Phi) is 12.8. The molecule has 0 amide bonds. The summed E-state index contributed by atoms with van der Waals surface area (Å²) in [6.45, 7) is 0. The maximum atomic E-state index is 2.41. The van der Waals surface area contributed by atoms with E-state index in [9.17, 15) is 0 Å². The molecule has 10 rings (SSSR count). The second-order valence-electron chi connectivity index (χ2n) is 16.9. The van der Waals surface area contributed by atoms with Crippen molar-refractivity contribution in [3.63, 3.8) is 0 Å². The van der Waals surface area contributed by atoms with Crippen LogP contribution in [0.2, 0.25) is 0 Å². The highest BCUT2D eigenvalue weighted by Crippen LogP contribution is 2.52. The smallest absolute Gasteiger partial charge is 0.000787 e. The molecule has 0 heteroatoms. The first-order chi connectivity index (χ1) is 32.8.